The first-order valence-corrected chi connectivity index (χ1v) is 9.80. The molecule has 2 heterocycles. The van der Waals surface area contributed by atoms with E-state index in [9.17, 15) is 13.2 Å². The second-order valence-corrected chi connectivity index (χ2v) is 7.75. The van der Waals surface area contributed by atoms with Gasteiger partial charge in [0.25, 0.3) is 0 Å². The SMILES string of the molecule is COc1cccc(C2C[C@H](CN)c3nnc(C(F)(F)F)n3-c3ccc(Cl)cc32)c1C. The monoisotopic (exact) mass is 436 g/mol. The second kappa shape index (κ2) is 7.59. The summed E-state index contributed by atoms with van der Waals surface area (Å²) < 4.78 is 47.7. The lowest BCUT2D eigenvalue weighted by atomic mass is 9.81. The Balaban J connectivity index is 2.02. The molecule has 0 fully saturated rings. The van der Waals surface area contributed by atoms with E-state index in [1.54, 1.807) is 25.3 Å². The van der Waals surface area contributed by atoms with Gasteiger partial charge in [0.1, 0.15) is 11.6 Å². The summed E-state index contributed by atoms with van der Waals surface area (Å²) in [7, 11) is 1.59. The van der Waals surface area contributed by atoms with Crippen molar-refractivity contribution in [1.29, 1.82) is 0 Å². The van der Waals surface area contributed by atoms with Crippen LogP contribution in [0.1, 0.15) is 46.6 Å². The lowest BCUT2D eigenvalue weighted by molar-refractivity contribution is -0.146. The van der Waals surface area contributed by atoms with Gasteiger partial charge in [-0.25, -0.2) is 0 Å². The first kappa shape index (κ1) is 20.7. The van der Waals surface area contributed by atoms with Crippen LogP contribution in [-0.4, -0.2) is 28.4 Å². The molecule has 158 valence electrons. The molecular weight excluding hydrogens is 417 g/mol. The fourth-order valence-corrected chi connectivity index (χ4v) is 4.41. The Morgan fingerprint density at radius 2 is 1.97 bits per heavy atom. The van der Waals surface area contributed by atoms with Crippen LogP contribution in [-0.2, 0) is 6.18 Å². The molecule has 0 bridgehead atoms. The highest BCUT2D eigenvalue weighted by molar-refractivity contribution is 6.30. The average molecular weight is 437 g/mol. The van der Waals surface area contributed by atoms with Gasteiger partial charge in [0.05, 0.1) is 12.8 Å². The van der Waals surface area contributed by atoms with Crippen LogP contribution in [0.15, 0.2) is 36.4 Å². The molecule has 0 spiro atoms. The fourth-order valence-electron chi connectivity index (χ4n) is 4.23. The van der Waals surface area contributed by atoms with Crippen molar-refractivity contribution in [1.82, 2.24) is 14.8 Å². The van der Waals surface area contributed by atoms with Crippen molar-refractivity contribution in [2.75, 3.05) is 13.7 Å². The smallest absolute Gasteiger partial charge is 0.452 e. The molecule has 2 N–H and O–H groups in total. The number of alkyl halides is 3. The summed E-state index contributed by atoms with van der Waals surface area (Å²) in [5, 5.41) is 7.79. The number of nitrogens with zero attached hydrogens (tertiary/aromatic N) is 3. The highest BCUT2D eigenvalue weighted by Gasteiger charge is 2.42. The van der Waals surface area contributed by atoms with Crippen LogP contribution >= 0.6 is 11.6 Å². The number of nitrogens with two attached hydrogens (primary N) is 1. The summed E-state index contributed by atoms with van der Waals surface area (Å²) in [6, 6.07) is 10.5. The molecule has 0 saturated heterocycles. The van der Waals surface area contributed by atoms with Crippen LogP contribution in [0, 0.1) is 6.92 Å². The van der Waals surface area contributed by atoms with Gasteiger partial charge in [-0.15, -0.1) is 10.2 Å². The number of fused-ring (bicyclic) bond motifs is 3. The summed E-state index contributed by atoms with van der Waals surface area (Å²) in [4.78, 5) is 0. The van der Waals surface area contributed by atoms with Gasteiger partial charge in [0, 0.05) is 23.4 Å². The molecule has 2 atom stereocenters. The molecule has 0 saturated carbocycles. The van der Waals surface area contributed by atoms with Gasteiger partial charge in [-0.05, 0) is 54.3 Å². The van der Waals surface area contributed by atoms with Crippen LogP contribution in [0.5, 0.6) is 5.75 Å². The Labute approximate surface area is 176 Å². The zero-order valence-electron chi connectivity index (χ0n) is 16.4. The Bertz CT molecular complexity index is 1100. The quantitative estimate of drug-likeness (QED) is 0.638. The van der Waals surface area contributed by atoms with Gasteiger partial charge >= 0.3 is 6.18 Å². The standard InChI is InChI=1S/C21H20ClF3N4O/c1-11-14(4-3-5-18(11)30-2)15-8-12(10-26)19-27-28-20(21(23,24)25)29(19)17-7-6-13(22)9-16(15)17/h3-7,9,12,15H,8,10,26H2,1-2H3/t12-,15?/m1/s1. The zero-order chi connectivity index (χ0) is 21.6. The number of rotatable bonds is 3. The van der Waals surface area contributed by atoms with Gasteiger partial charge < -0.3 is 10.5 Å². The molecule has 1 aliphatic heterocycles. The minimum absolute atomic E-state index is 0.136. The molecule has 4 rings (SSSR count). The van der Waals surface area contributed by atoms with Crippen LogP contribution in [0.25, 0.3) is 5.69 Å². The number of methoxy groups -OCH3 is 1. The predicted octanol–water partition coefficient (Wildman–Crippen LogP) is 4.83. The van der Waals surface area contributed by atoms with Gasteiger partial charge in [-0.1, -0.05) is 23.7 Å². The topological polar surface area (TPSA) is 66.0 Å². The summed E-state index contributed by atoms with van der Waals surface area (Å²) >= 11 is 6.27. The van der Waals surface area contributed by atoms with Gasteiger partial charge in [-0.3, -0.25) is 4.57 Å². The van der Waals surface area contributed by atoms with Crippen LogP contribution < -0.4 is 10.5 Å². The average Bonchev–Trinajstić information content (AvgIpc) is 3.10. The van der Waals surface area contributed by atoms with E-state index in [1.165, 1.54) is 0 Å². The lowest BCUT2D eigenvalue weighted by Gasteiger charge is -2.23. The third-order valence-corrected chi connectivity index (χ3v) is 5.87. The highest BCUT2D eigenvalue weighted by atomic mass is 35.5. The molecule has 0 amide bonds. The Morgan fingerprint density at radius 3 is 2.63 bits per heavy atom. The molecule has 30 heavy (non-hydrogen) atoms. The maximum Gasteiger partial charge on any atom is 0.452 e. The molecule has 1 aliphatic rings. The van der Waals surface area contributed by atoms with Gasteiger partial charge in [-0.2, -0.15) is 13.2 Å². The van der Waals surface area contributed by atoms with Crippen molar-refractivity contribution in [2.24, 2.45) is 5.73 Å². The third kappa shape index (κ3) is 3.33. The Hall–Kier alpha value is -2.58. The molecule has 1 unspecified atom stereocenters. The molecule has 0 radical (unpaired) electrons. The number of halogens is 4. The maximum absolute atomic E-state index is 13.7. The first-order chi connectivity index (χ1) is 14.3. The maximum atomic E-state index is 13.7. The lowest BCUT2D eigenvalue weighted by Crippen LogP contribution is -2.19. The van der Waals surface area contributed by atoms with E-state index in [4.69, 9.17) is 22.1 Å². The zero-order valence-corrected chi connectivity index (χ0v) is 17.1. The Kier molecular flexibility index (Phi) is 5.23. The van der Waals surface area contributed by atoms with Crippen molar-refractivity contribution in [3.63, 3.8) is 0 Å². The summed E-state index contributed by atoms with van der Waals surface area (Å²) in [6.07, 6.45) is -4.19. The summed E-state index contributed by atoms with van der Waals surface area (Å²) in [5.74, 6) is -0.820. The van der Waals surface area contributed by atoms with Crippen molar-refractivity contribution in [3.05, 3.63) is 69.8 Å². The predicted molar refractivity (Wildman–Crippen MR) is 107 cm³/mol. The molecule has 0 aliphatic carbocycles. The molecule has 1 aromatic heterocycles. The number of hydrogen-bond donors (Lipinski definition) is 1. The van der Waals surface area contributed by atoms with Crippen molar-refractivity contribution in [3.8, 4) is 11.4 Å². The molecule has 5 nitrogen and oxygen atoms in total. The third-order valence-electron chi connectivity index (χ3n) is 5.64. The van der Waals surface area contributed by atoms with E-state index >= 15 is 0 Å². The van der Waals surface area contributed by atoms with Gasteiger partial charge in [0.15, 0.2) is 0 Å². The molecular formula is C21H20ClF3N4O. The minimum atomic E-state index is -4.66. The fraction of sp³-hybridized carbons (Fsp3) is 0.333. The van der Waals surface area contributed by atoms with E-state index in [0.29, 0.717) is 28.4 Å². The number of ether oxygens (including phenoxy) is 1. The van der Waals surface area contributed by atoms with Crippen LogP contribution in [0.4, 0.5) is 13.2 Å². The van der Waals surface area contributed by atoms with E-state index < -0.39 is 17.9 Å². The van der Waals surface area contributed by atoms with Gasteiger partial charge in [0.2, 0.25) is 5.82 Å². The van der Waals surface area contributed by atoms with E-state index in [-0.39, 0.29) is 18.3 Å². The highest BCUT2D eigenvalue weighted by Crippen LogP contribution is 2.45. The molecule has 9 heteroatoms. The number of benzene rings is 2. The Morgan fingerprint density at radius 1 is 1.20 bits per heavy atom. The van der Waals surface area contributed by atoms with Crippen molar-refractivity contribution >= 4 is 11.6 Å². The van der Waals surface area contributed by atoms with Crippen molar-refractivity contribution in [2.45, 2.75) is 31.4 Å². The first-order valence-electron chi connectivity index (χ1n) is 9.42. The second-order valence-electron chi connectivity index (χ2n) is 7.31. The normalized spacial score (nSPS) is 18.5. The van der Waals surface area contributed by atoms with E-state index in [2.05, 4.69) is 10.2 Å². The number of aromatic nitrogens is 3. The van der Waals surface area contributed by atoms with Crippen LogP contribution in [0.3, 0.4) is 0 Å². The number of hydrogen-bond acceptors (Lipinski definition) is 4. The van der Waals surface area contributed by atoms with E-state index in [0.717, 1.165) is 15.7 Å². The molecule has 3 aromatic rings. The van der Waals surface area contributed by atoms with Crippen LogP contribution in [0.2, 0.25) is 5.02 Å². The summed E-state index contributed by atoms with van der Waals surface area (Å²) in [5.41, 5.74) is 8.88. The minimum Gasteiger partial charge on any atom is -0.496 e. The molecule has 2 aromatic carbocycles. The van der Waals surface area contributed by atoms with Crippen molar-refractivity contribution < 1.29 is 17.9 Å². The summed E-state index contributed by atoms with van der Waals surface area (Å²) in [6.45, 7) is 2.07. The van der Waals surface area contributed by atoms with E-state index in [1.807, 2.05) is 25.1 Å². The largest absolute Gasteiger partial charge is 0.496 e.